The molecule has 110 valence electrons. The first-order chi connectivity index (χ1) is 10.3. The van der Waals surface area contributed by atoms with Gasteiger partial charge in [-0.15, -0.1) is 0 Å². The van der Waals surface area contributed by atoms with Gasteiger partial charge in [0.15, 0.2) is 0 Å². The molecule has 3 rings (SSSR count). The minimum atomic E-state index is 1.12. The van der Waals surface area contributed by atoms with Crippen molar-refractivity contribution >= 4 is 5.69 Å². The van der Waals surface area contributed by atoms with E-state index >= 15 is 0 Å². The summed E-state index contributed by atoms with van der Waals surface area (Å²) in [6, 6.07) is 13.0. The van der Waals surface area contributed by atoms with Gasteiger partial charge in [-0.05, 0) is 48.7 Å². The molecule has 0 bridgehead atoms. The largest absolute Gasteiger partial charge is 0.369 e. The summed E-state index contributed by atoms with van der Waals surface area (Å²) in [5, 5.41) is 0. The Kier molecular flexibility index (Phi) is 4.51. The molecule has 0 amide bonds. The van der Waals surface area contributed by atoms with Gasteiger partial charge in [-0.3, -0.25) is 9.88 Å². The molecule has 2 aromatic rings. The van der Waals surface area contributed by atoms with Crippen molar-refractivity contribution in [1.82, 2.24) is 9.88 Å². The van der Waals surface area contributed by atoms with Gasteiger partial charge in [0, 0.05) is 50.8 Å². The summed E-state index contributed by atoms with van der Waals surface area (Å²) in [6.45, 7) is 7.86. The fourth-order valence-electron chi connectivity index (χ4n) is 2.89. The van der Waals surface area contributed by atoms with E-state index in [0.717, 1.165) is 39.1 Å². The third-order valence-electron chi connectivity index (χ3n) is 4.21. The molecule has 0 N–H and O–H groups in total. The quantitative estimate of drug-likeness (QED) is 0.859. The molecular formula is C18H23N3. The van der Waals surface area contributed by atoms with Crippen LogP contribution >= 0.6 is 0 Å². The van der Waals surface area contributed by atoms with E-state index in [2.05, 4.69) is 58.1 Å². The molecular weight excluding hydrogens is 258 g/mol. The maximum absolute atomic E-state index is 4.07. The van der Waals surface area contributed by atoms with Crippen LogP contribution in [0.4, 0.5) is 5.69 Å². The number of hydrogen-bond acceptors (Lipinski definition) is 3. The van der Waals surface area contributed by atoms with Crippen LogP contribution in [0.2, 0.25) is 0 Å². The second-order valence-corrected chi connectivity index (χ2v) is 5.77. The van der Waals surface area contributed by atoms with Gasteiger partial charge in [0.1, 0.15) is 0 Å². The van der Waals surface area contributed by atoms with Crippen molar-refractivity contribution in [3.8, 4) is 0 Å². The minimum Gasteiger partial charge on any atom is -0.369 e. The van der Waals surface area contributed by atoms with Crippen molar-refractivity contribution in [2.75, 3.05) is 37.6 Å². The van der Waals surface area contributed by atoms with Crippen LogP contribution in [0.1, 0.15) is 11.1 Å². The lowest BCUT2D eigenvalue weighted by Gasteiger charge is -2.36. The van der Waals surface area contributed by atoms with Crippen molar-refractivity contribution in [2.45, 2.75) is 13.3 Å². The van der Waals surface area contributed by atoms with E-state index in [-0.39, 0.29) is 0 Å². The number of hydrogen-bond donors (Lipinski definition) is 0. The lowest BCUT2D eigenvalue weighted by atomic mass is 10.1. The number of benzene rings is 1. The molecule has 1 aromatic carbocycles. The molecule has 1 aromatic heterocycles. The van der Waals surface area contributed by atoms with Crippen LogP contribution in [0.5, 0.6) is 0 Å². The number of piperazine rings is 1. The van der Waals surface area contributed by atoms with E-state index in [1.54, 1.807) is 0 Å². The Bertz CT molecular complexity index is 560. The molecule has 3 nitrogen and oxygen atoms in total. The Morgan fingerprint density at radius 3 is 2.48 bits per heavy atom. The van der Waals surface area contributed by atoms with E-state index in [0.29, 0.717) is 0 Å². The van der Waals surface area contributed by atoms with Gasteiger partial charge >= 0.3 is 0 Å². The normalized spacial score (nSPS) is 16.1. The first kappa shape index (κ1) is 14.1. The molecule has 1 fully saturated rings. The number of anilines is 1. The molecule has 0 unspecified atom stereocenters. The van der Waals surface area contributed by atoms with Gasteiger partial charge in [-0.2, -0.15) is 0 Å². The zero-order valence-corrected chi connectivity index (χ0v) is 12.7. The SMILES string of the molecule is Cc1cccc(N2CCN(CCc3ccncc3)CC2)c1. The van der Waals surface area contributed by atoms with E-state index in [9.17, 15) is 0 Å². The molecule has 0 saturated carbocycles. The lowest BCUT2D eigenvalue weighted by Crippen LogP contribution is -2.47. The standard InChI is InChI=1S/C18H23N3/c1-16-3-2-4-18(15-16)21-13-11-20(12-14-21)10-7-17-5-8-19-9-6-17/h2-6,8-9,15H,7,10-14H2,1H3. The summed E-state index contributed by atoms with van der Waals surface area (Å²) in [6.07, 6.45) is 4.88. The summed E-state index contributed by atoms with van der Waals surface area (Å²) in [7, 11) is 0. The molecule has 0 radical (unpaired) electrons. The van der Waals surface area contributed by atoms with Crippen molar-refractivity contribution in [3.05, 3.63) is 59.9 Å². The van der Waals surface area contributed by atoms with Gasteiger partial charge in [0.05, 0.1) is 0 Å². The monoisotopic (exact) mass is 281 g/mol. The molecule has 1 aliphatic rings. The van der Waals surface area contributed by atoms with Crippen LogP contribution in [0.25, 0.3) is 0 Å². The average molecular weight is 281 g/mol. The average Bonchev–Trinajstić information content (AvgIpc) is 2.54. The predicted molar refractivity (Wildman–Crippen MR) is 87.8 cm³/mol. The highest BCUT2D eigenvalue weighted by Gasteiger charge is 2.16. The summed E-state index contributed by atoms with van der Waals surface area (Å²) in [5.74, 6) is 0. The first-order valence-electron chi connectivity index (χ1n) is 7.74. The summed E-state index contributed by atoms with van der Waals surface area (Å²) >= 11 is 0. The minimum absolute atomic E-state index is 1.12. The molecule has 3 heteroatoms. The van der Waals surface area contributed by atoms with Crippen molar-refractivity contribution in [1.29, 1.82) is 0 Å². The van der Waals surface area contributed by atoms with E-state index in [1.807, 2.05) is 12.4 Å². The van der Waals surface area contributed by atoms with Gasteiger partial charge < -0.3 is 4.90 Å². The van der Waals surface area contributed by atoms with Gasteiger partial charge in [-0.1, -0.05) is 12.1 Å². The Labute approximate surface area is 127 Å². The van der Waals surface area contributed by atoms with Crippen molar-refractivity contribution < 1.29 is 0 Å². The zero-order valence-electron chi connectivity index (χ0n) is 12.7. The number of aryl methyl sites for hydroxylation is 1. The van der Waals surface area contributed by atoms with Crippen LogP contribution in [0.15, 0.2) is 48.8 Å². The molecule has 1 aliphatic heterocycles. The Balaban J connectivity index is 1.49. The molecule has 21 heavy (non-hydrogen) atoms. The second kappa shape index (κ2) is 6.72. The van der Waals surface area contributed by atoms with E-state index in [1.165, 1.54) is 16.8 Å². The third-order valence-corrected chi connectivity index (χ3v) is 4.21. The van der Waals surface area contributed by atoms with Crippen molar-refractivity contribution in [3.63, 3.8) is 0 Å². The number of pyridine rings is 1. The van der Waals surface area contributed by atoms with E-state index < -0.39 is 0 Å². The predicted octanol–water partition coefficient (Wildman–Crippen LogP) is 2.75. The first-order valence-corrected chi connectivity index (χ1v) is 7.74. The molecule has 1 saturated heterocycles. The number of nitrogens with zero attached hydrogens (tertiary/aromatic N) is 3. The summed E-state index contributed by atoms with van der Waals surface area (Å²) in [4.78, 5) is 9.13. The Morgan fingerprint density at radius 2 is 1.76 bits per heavy atom. The lowest BCUT2D eigenvalue weighted by molar-refractivity contribution is 0.261. The number of rotatable bonds is 4. The maximum atomic E-state index is 4.07. The highest BCUT2D eigenvalue weighted by molar-refractivity contribution is 5.48. The fraction of sp³-hybridized carbons (Fsp3) is 0.389. The number of aromatic nitrogens is 1. The molecule has 0 atom stereocenters. The van der Waals surface area contributed by atoms with E-state index in [4.69, 9.17) is 0 Å². The van der Waals surface area contributed by atoms with Crippen LogP contribution in [0, 0.1) is 6.92 Å². The van der Waals surface area contributed by atoms with Gasteiger partial charge in [-0.25, -0.2) is 0 Å². The van der Waals surface area contributed by atoms with Crippen LogP contribution in [-0.2, 0) is 6.42 Å². The molecule has 2 heterocycles. The summed E-state index contributed by atoms with van der Waals surface area (Å²) in [5.41, 5.74) is 4.09. The summed E-state index contributed by atoms with van der Waals surface area (Å²) < 4.78 is 0. The van der Waals surface area contributed by atoms with Crippen LogP contribution in [0.3, 0.4) is 0 Å². The maximum Gasteiger partial charge on any atom is 0.0369 e. The molecule has 0 aliphatic carbocycles. The fourth-order valence-corrected chi connectivity index (χ4v) is 2.89. The Morgan fingerprint density at radius 1 is 1.00 bits per heavy atom. The molecule has 0 spiro atoms. The smallest absolute Gasteiger partial charge is 0.0369 e. The van der Waals surface area contributed by atoms with Gasteiger partial charge in [0.25, 0.3) is 0 Å². The van der Waals surface area contributed by atoms with Crippen LogP contribution in [-0.4, -0.2) is 42.6 Å². The topological polar surface area (TPSA) is 19.4 Å². The highest BCUT2D eigenvalue weighted by Crippen LogP contribution is 2.17. The Hall–Kier alpha value is -1.87. The van der Waals surface area contributed by atoms with Crippen molar-refractivity contribution in [2.24, 2.45) is 0 Å². The highest BCUT2D eigenvalue weighted by atomic mass is 15.3. The van der Waals surface area contributed by atoms with Gasteiger partial charge in [0.2, 0.25) is 0 Å². The van der Waals surface area contributed by atoms with Crippen LogP contribution < -0.4 is 4.90 Å². The second-order valence-electron chi connectivity index (χ2n) is 5.77. The zero-order chi connectivity index (χ0) is 14.5. The third kappa shape index (κ3) is 3.82.